The van der Waals surface area contributed by atoms with Gasteiger partial charge in [0.1, 0.15) is 29.3 Å². The predicted octanol–water partition coefficient (Wildman–Crippen LogP) is 3.20. The second kappa shape index (κ2) is 15.1. The molecule has 5 rings (SSSR count). The summed E-state index contributed by atoms with van der Waals surface area (Å²) in [5.74, 6) is -1.52. The largest absolute Gasteiger partial charge is 0.444 e. The number of hydrogen-bond donors (Lipinski definition) is 3. The molecule has 1 aromatic carbocycles. The molecule has 2 saturated heterocycles. The van der Waals surface area contributed by atoms with E-state index in [0.717, 1.165) is 24.8 Å². The van der Waals surface area contributed by atoms with Crippen LogP contribution in [0, 0.1) is 5.92 Å². The Morgan fingerprint density at radius 1 is 1.04 bits per heavy atom. The third-order valence-electron chi connectivity index (χ3n) is 9.77. The number of alkyl carbamates (subject to hydrolysis) is 1. The second-order valence-electron chi connectivity index (χ2n) is 14.5. The zero-order valence-corrected chi connectivity index (χ0v) is 28.7. The SMILES string of the molecule is CO[C@@H]1C[C@H]2C(=O)N[C@]3(C(=O)N4CCC[C@@H]4C(=O)NCc4ccccc4)C[C@H]3/C=C\CCCCC[C@H](NC(=O)OC(C)(C)C)C(=O)N2C1. The number of methoxy groups -OCH3 is 1. The summed E-state index contributed by atoms with van der Waals surface area (Å²) in [5.41, 5.74) is -0.977. The summed E-state index contributed by atoms with van der Waals surface area (Å²) in [4.78, 5) is 71.8. The van der Waals surface area contributed by atoms with Crippen molar-refractivity contribution < 1.29 is 33.4 Å². The number of benzene rings is 1. The van der Waals surface area contributed by atoms with E-state index >= 15 is 0 Å². The van der Waals surface area contributed by atoms with Crippen LogP contribution in [0.4, 0.5) is 4.79 Å². The number of hydrogen-bond acceptors (Lipinski definition) is 7. The molecule has 3 heterocycles. The number of fused-ring (bicyclic) bond motifs is 2. The van der Waals surface area contributed by atoms with Gasteiger partial charge >= 0.3 is 6.09 Å². The lowest BCUT2D eigenvalue weighted by molar-refractivity contribution is -0.145. The predicted molar refractivity (Wildman–Crippen MR) is 178 cm³/mol. The highest BCUT2D eigenvalue weighted by Gasteiger charge is 2.63. The first-order valence-corrected chi connectivity index (χ1v) is 17.4. The number of likely N-dealkylation sites (tertiary alicyclic amines) is 1. The van der Waals surface area contributed by atoms with Crippen molar-refractivity contribution in [1.82, 2.24) is 25.8 Å². The van der Waals surface area contributed by atoms with E-state index in [0.29, 0.717) is 45.2 Å². The van der Waals surface area contributed by atoms with Crippen LogP contribution < -0.4 is 16.0 Å². The van der Waals surface area contributed by atoms with Gasteiger partial charge in [0.15, 0.2) is 0 Å². The van der Waals surface area contributed by atoms with Crippen LogP contribution >= 0.6 is 0 Å². The first-order valence-electron chi connectivity index (χ1n) is 17.4. The highest BCUT2D eigenvalue weighted by Crippen LogP contribution is 2.47. The van der Waals surface area contributed by atoms with E-state index in [4.69, 9.17) is 9.47 Å². The molecular formula is C36H51N5O7. The van der Waals surface area contributed by atoms with E-state index in [-0.39, 0.29) is 42.7 Å². The zero-order chi connectivity index (χ0) is 34.5. The molecule has 3 N–H and O–H groups in total. The average Bonchev–Trinajstić information content (AvgIpc) is 3.36. The van der Waals surface area contributed by atoms with Crippen molar-refractivity contribution in [2.75, 3.05) is 20.2 Å². The number of nitrogens with zero attached hydrogens (tertiary/aromatic N) is 2. The van der Waals surface area contributed by atoms with Crippen LogP contribution in [0.3, 0.4) is 0 Å². The van der Waals surface area contributed by atoms with Crippen molar-refractivity contribution in [3.05, 3.63) is 48.0 Å². The molecule has 0 spiro atoms. The van der Waals surface area contributed by atoms with E-state index in [1.54, 1.807) is 32.8 Å². The maximum absolute atomic E-state index is 14.4. The van der Waals surface area contributed by atoms with Crippen molar-refractivity contribution >= 4 is 29.7 Å². The van der Waals surface area contributed by atoms with E-state index < -0.39 is 41.3 Å². The van der Waals surface area contributed by atoms with Gasteiger partial charge in [-0.05, 0) is 64.9 Å². The summed E-state index contributed by atoms with van der Waals surface area (Å²) in [6, 6.07) is 7.21. The highest BCUT2D eigenvalue weighted by molar-refractivity contribution is 6.00. The number of ether oxygens (including phenoxy) is 2. The number of allylic oxidation sites excluding steroid dienone is 1. The molecule has 6 atom stereocenters. The Morgan fingerprint density at radius 2 is 1.81 bits per heavy atom. The summed E-state index contributed by atoms with van der Waals surface area (Å²) in [5, 5.41) is 8.82. The molecule has 1 aliphatic carbocycles. The Bertz CT molecular complexity index is 1380. The lowest BCUT2D eigenvalue weighted by atomic mass is 10.0. The van der Waals surface area contributed by atoms with E-state index in [1.807, 2.05) is 36.4 Å². The minimum absolute atomic E-state index is 0.181. The Morgan fingerprint density at radius 3 is 2.54 bits per heavy atom. The summed E-state index contributed by atoms with van der Waals surface area (Å²) < 4.78 is 11.1. The van der Waals surface area contributed by atoms with Gasteiger partial charge in [0.05, 0.1) is 6.10 Å². The smallest absolute Gasteiger partial charge is 0.408 e. The van der Waals surface area contributed by atoms with Gasteiger partial charge in [0, 0.05) is 39.1 Å². The van der Waals surface area contributed by atoms with Gasteiger partial charge in [-0.25, -0.2) is 4.79 Å². The topological polar surface area (TPSA) is 146 Å². The quantitative estimate of drug-likeness (QED) is 0.396. The molecule has 3 fully saturated rings. The molecule has 3 aliphatic heterocycles. The zero-order valence-electron chi connectivity index (χ0n) is 28.7. The molecule has 0 unspecified atom stereocenters. The molecule has 0 aromatic heterocycles. The Hall–Kier alpha value is -3.93. The van der Waals surface area contributed by atoms with Crippen molar-refractivity contribution in [2.45, 2.75) is 120 Å². The van der Waals surface area contributed by atoms with Gasteiger partial charge in [-0.3, -0.25) is 19.2 Å². The van der Waals surface area contributed by atoms with Crippen molar-refractivity contribution in [1.29, 1.82) is 0 Å². The van der Waals surface area contributed by atoms with Gasteiger partial charge in [-0.2, -0.15) is 0 Å². The van der Waals surface area contributed by atoms with Crippen molar-refractivity contribution in [3.8, 4) is 0 Å². The van der Waals surface area contributed by atoms with Crippen LogP contribution in [0.1, 0.15) is 84.1 Å². The van der Waals surface area contributed by atoms with Crippen LogP contribution in [0.25, 0.3) is 0 Å². The lowest BCUT2D eigenvalue weighted by Gasteiger charge is -2.32. The number of carbonyl (C=O) groups excluding carboxylic acids is 5. The molecule has 12 heteroatoms. The Balaban J connectivity index is 1.36. The first kappa shape index (κ1) is 35.4. The van der Waals surface area contributed by atoms with Crippen LogP contribution in [0.15, 0.2) is 42.5 Å². The first-order chi connectivity index (χ1) is 22.9. The van der Waals surface area contributed by atoms with Gasteiger partial charge < -0.3 is 35.2 Å². The number of nitrogens with one attached hydrogen (secondary N) is 3. The second-order valence-corrected chi connectivity index (χ2v) is 14.5. The molecule has 1 aromatic rings. The van der Waals surface area contributed by atoms with Crippen molar-refractivity contribution in [2.24, 2.45) is 5.92 Å². The summed E-state index contributed by atoms with van der Waals surface area (Å²) in [6.07, 6.45) is 8.50. The number of carbonyl (C=O) groups is 5. The van der Waals surface area contributed by atoms with E-state index in [2.05, 4.69) is 22.0 Å². The van der Waals surface area contributed by atoms with Gasteiger partial charge in [-0.1, -0.05) is 55.3 Å². The standard InChI is InChI=1S/C36H51N5O7/c1-35(2,3)48-34(46)38-27-17-12-7-5-6-11-16-25-21-36(25,39-31(43)29-20-26(47-4)23-41(29)32(27)44)33(45)40-19-13-18-28(40)30(42)37-22-24-14-9-8-10-15-24/h8-11,14-16,25-29H,5-7,12-13,17-23H2,1-4H3,(H,37,42)(H,38,46)(H,39,43)/b16-11-/t25-,26-,27+,28-,29+,36-/m1/s1. The van der Waals surface area contributed by atoms with Crippen LogP contribution in [-0.2, 0) is 35.2 Å². The van der Waals surface area contributed by atoms with Gasteiger partial charge in [-0.15, -0.1) is 0 Å². The minimum Gasteiger partial charge on any atom is -0.444 e. The fourth-order valence-electron chi connectivity index (χ4n) is 7.12. The summed E-state index contributed by atoms with van der Waals surface area (Å²) >= 11 is 0. The van der Waals surface area contributed by atoms with Crippen molar-refractivity contribution in [3.63, 3.8) is 0 Å². The number of rotatable bonds is 6. The van der Waals surface area contributed by atoms with Gasteiger partial charge in [0.2, 0.25) is 23.6 Å². The molecule has 4 aliphatic rings. The van der Waals surface area contributed by atoms with Crippen LogP contribution in [0.5, 0.6) is 0 Å². The minimum atomic E-state index is -1.20. The maximum Gasteiger partial charge on any atom is 0.408 e. The van der Waals surface area contributed by atoms with E-state index in [1.165, 1.54) is 4.90 Å². The lowest BCUT2D eigenvalue weighted by Crippen LogP contribution is -2.59. The Kier molecular flexibility index (Phi) is 11.1. The molecular weight excluding hydrogens is 614 g/mol. The van der Waals surface area contributed by atoms with Crippen LogP contribution in [0.2, 0.25) is 0 Å². The Labute approximate surface area is 283 Å². The third-order valence-corrected chi connectivity index (χ3v) is 9.77. The fraction of sp³-hybridized carbons (Fsp3) is 0.639. The molecule has 0 radical (unpaired) electrons. The van der Waals surface area contributed by atoms with Crippen LogP contribution in [-0.4, -0.2) is 95.1 Å². The average molecular weight is 666 g/mol. The third kappa shape index (κ3) is 8.37. The molecule has 12 nitrogen and oxygen atoms in total. The molecule has 48 heavy (non-hydrogen) atoms. The fourth-order valence-corrected chi connectivity index (χ4v) is 7.12. The monoisotopic (exact) mass is 665 g/mol. The molecule has 5 amide bonds. The molecule has 0 bridgehead atoms. The molecule has 262 valence electrons. The highest BCUT2D eigenvalue weighted by atomic mass is 16.6. The summed E-state index contributed by atoms with van der Waals surface area (Å²) in [6.45, 7) is 6.24. The maximum atomic E-state index is 14.4. The molecule has 1 saturated carbocycles. The number of amides is 5. The van der Waals surface area contributed by atoms with E-state index in [9.17, 15) is 24.0 Å². The normalized spacial score (nSPS) is 30.2. The van der Waals surface area contributed by atoms with Gasteiger partial charge in [0.25, 0.3) is 0 Å². The summed E-state index contributed by atoms with van der Waals surface area (Å²) in [7, 11) is 1.54.